The second-order valence-electron chi connectivity index (χ2n) is 5.80. The molecule has 0 radical (unpaired) electrons. The molecule has 5 amide bonds. The first-order valence-corrected chi connectivity index (χ1v) is 8.37. The van der Waals surface area contributed by atoms with Gasteiger partial charge in [0.2, 0.25) is 29.5 Å². The predicted molar refractivity (Wildman–Crippen MR) is 95.0 cm³/mol. The highest BCUT2D eigenvalue weighted by atomic mass is 16.4. The van der Waals surface area contributed by atoms with E-state index in [4.69, 9.17) is 10.2 Å². The fourth-order valence-electron chi connectivity index (χ4n) is 1.85. The summed E-state index contributed by atoms with van der Waals surface area (Å²) in [5, 5.41) is 37.4. The van der Waals surface area contributed by atoms with Gasteiger partial charge < -0.3 is 41.9 Å². The van der Waals surface area contributed by atoms with Gasteiger partial charge in [0.15, 0.2) is 0 Å². The van der Waals surface area contributed by atoms with Crippen LogP contribution in [-0.4, -0.2) is 95.3 Å². The maximum absolute atomic E-state index is 11.9. The van der Waals surface area contributed by atoms with Gasteiger partial charge >= 0.3 is 5.97 Å². The van der Waals surface area contributed by atoms with E-state index in [-0.39, 0.29) is 0 Å². The van der Waals surface area contributed by atoms with Crippen LogP contribution in [0.3, 0.4) is 0 Å². The topological polar surface area (TPSA) is 223 Å². The van der Waals surface area contributed by atoms with Crippen molar-refractivity contribution < 1.29 is 44.1 Å². The lowest BCUT2D eigenvalue weighted by molar-refractivity contribution is -0.142. The smallest absolute Gasteiger partial charge is 0.328 e. The Labute approximate surface area is 165 Å². The third-order valence-corrected chi connectivity index (χ3v) is 3.31. The van der Waals surface area contributed by atoms with Gasteiger partial charge in [-0.1, -0.05) is 0 Å². The quantitative estimate of drug-likeness (QED) is 0.151. The number of carbonyl (C=O) groups is 6. The van der Waals surface area contributed by atoms with E-state index >= 15 is 0 Å². The van der Waals surface area contributed by atoms with E-state index in [0.29, 0.717) is 0 Å². The lowest BCUT2D eigenvalue weighted by Crippen LogP contribution is -2.54. The minimum absolute atomic E-state index is 0.438. The molecule has 0 rings (SSSR count). The molecule has 0 saturated heterocycles. The summed E-state index contributed by atoms with van der Waals surface area (Å²) in [6.45, 7) is -0.258. The maximum atomic E-state index is 11.9. The van der Waals surface area contributed by atoms with Crippen LogP contribution in [0.25, 0.3) is 0 Å². The summed E-state index contributed by atoms with van der Waals surface area (Å²) in [6, 6.07) is -3.87. The molecule has 0 heterocycles. The number of aliphatic carboxylic acids is 1. The maximum Gasteiger partial charge on any atom is 0.328 e. The number of rotatable bonds is 12. The van der Waals surface area contributed by atoms with E-state index in [1.807, 2.05) is 5.32 Å². The highest BCUT2D eigenvalue weighted by Gasteiger charge is 2.23. The standard InChI is InChI=1S/C15H25N5O9/c1-7(18-8(2)23)13(26)16-3-11(24)19-9(5-21)14(27)17-4-12(25)20-10(6-22)15(28)29/h7,9-10,21-22H,3-6H2,1-2H3,(H,16,26)(H,17,27)(H,18,23)(H,19,24)(H,20,25)(H,28,29). The summed E-state index contributed by atoms with van der Waals surface area (Å²) < 4.78 is 0. The average molecular weight is 419 g/mol. The van der Waals surface area contributed by atoms with Crippen LogP contribution >= 0.6 is 0 Å². The molecule has 0 aliphatic heterocycles. The van der Waals surface area contributed by atoms with Crippen LogP contribution in [0.4, 0.5) is 0 Å². The molecule has 0 saturated carbocycles. The molecule has 8 N–H and O–H groups in total. The number of aliphatic hydroxyl groups is 2. The molecule has 3 atom stereocenters. The third kappa shape index (κ3) is 10.6. The molecule has 0 spiro atoms. The van der Waals surface area contributed by atoms with Crippen LogP contribution in [-0.2, 0) is 28.8 Å². The van der Waals surface area contributed by atoms with Gasteiger partial charge in [-0.15, -0.1) is 0 Å². The number of amides is 5. The van der Waals surface area contributed by atoms with Gasteiger partial charge in [0.25, 0.3) is 0 Å². The van der Waals surface area contributed by atoms with Gasteiger partial charge in [-0.25, -0.2) is 4.79 Å². The van der Waals surface area contributed by atoms with Crippen molar-refractivity contribution in [3.8, 4) is 0 Å². The second-order valence-corrected chi connectivity index (χ2v) is 5.80. The molecule has 0 bridgehead atoms. The first kappa shape index (κ1) is 25.7. The monoisotopic (exact) mass is 419 g/mol. The molecule has 0 aromatic rings. The molecule has 14 nitrogen and oxygen atoms in total. The fourth-order valence-corrected chi connectivity index (χ4v) is 1.85. The van der Waals surface area contributed by atoms with E-state index in [1.165, 1.54) is 13.8 Å². The Morgan fingerprint density at radius 1 is 0.759 bits per heavy atom. The van der Waals surface area contributed by atoms with Crippen molar-refractivity contribution in [3.63, 3.8) is 0 Å². The minimum Gasteiger partial charge on any atom is -0.480 e. The number of carboxylic acid groups (broad SMARTS) is 1. The van der Waals surface area contributed by atoms with Crippen molar-refractivity contribution >= 4 is 35.5 Å². The third-order valence-electron chi connectivity index (χ3n) is 3.31. The first-order valence-electron chi connectivity index (χ1n) is 8.37. The molecule has 0 aromatic heterocycles. The molecule has 0 aliphatic carbocycles. The molecular formula is C15H25N5O9. The zero-order chi connectivity index (χ0) is 22.6. The van der Waals surface area contributed by atoms with Crippen LogP contribution < -0.4 is 26.6 Å². The number of carbonyl (C=O) groups excluding carboxylic acids is 5. The van der Waals surface area contributed by atoms with Crippen LogP contribution in [0.1, 0.15) is 13.8 Å². The molecular weight excluding hydrogens is 394 g/mol. The van der Waals surface area contributed by atoms with Gasteiger partial charge in [-0.05, 0) is 6.92 Å². The van der Waals surface area contributed by atoms with Crippen LogP contribution in [0.2, 0.25) is 0 Å². The molecule has 3 unspecified atom stereocenters. The summed E-state index contributed by atoms with van der Waals surface area (Å²) in [4.78, 5) is 68.5. The van der Waals surface area contributed by atoms with Gasteiger partial charge in [0, 0.05) is 6.92 Å². The van der Waals surface area contributed by atoms with E-state index in [0.717, 1.165) is 0 Å². The zero-order valence-electron chi connectivity index (χ0n) is 15.9. The van der Waals surface area contributed by atoms with E-state index in [2.05, 4.69) is 21.3 Å². The fraction of sp³-hybridized carbons (Fsp3) is 0.600. The molecule has 14 heteroatoms. The molecule has 0 fully saturated rings. The highest BCUT2D eigenvalue weighted by molar-refractivity contribution is 5.93. The number of hydrogen-bond donors (Lipinski definition) is 8. The van der Waals surface area contributed by atoms with Gasteiger partial charge in [-0.2, -0.15) is 0 Å². The predicted octanol–water partition coefficient (Wildman–Crippen LogP) is -5.22. The largest absolute Gasteiger partial charge is 0.480 e. The average Bonchev–Trinajstić information content (AvgIpc) is 2.65. The van der Waals surface area contributed by atoms with Crippen molar-refractivity contribution in [2.75, 3.05) is 26.3 Å². The van der Waals surface area contributed by atoms with Crippen molar-refractivity contribution in [1.82, 2.24) is 26.6 Å². The van der Waals surface area contributed by atoms with E-state index < -0.39 is 79.9 Å². The van der Waals surface area contributed by atoms with Gasteiger partial charge in [-0.3, -0.25) is 24.0 Å². The van der Waals surface area contributed by atoms with Crippen LogP contribution in [0, 0.1) is 0 Å². The highest BCUT2D eigenvalue weighted by Crippen LogP contribution is 1.87. The summed E-state index contributed by atoms with van der Waals surface area (Å²) in [6.07, 6.45) is 0. The van der Waals surface area contributed by atoms with Crippen LogP contribution in [0.15, 0.2) is 0 Å². The van der Waals surface area contributed by atoms with Crippen LogP contribution in [0.5, 0.6) is 0 Å². The van der Waals surface area contributed by atoms with Crippen molar-refractivity contribution in [3.05, 3.63) is 0 Å². The Morgan fingerprint density at radius 3 is 1.62 bits per heavy atom. The lowest BCUT2D eigenvalue weighted by Gasteiger charge is -2.18. The molecule has 29 heavy (non-hydrogen) atoms. The number of aliphatic hydroxyl groups excluding tert-OH is 2. The summed E-state index contributed by atoms with van der Waals surface area (Å²) in [5.41, 5.74) is 0. The summed E-state index contributed by atoms with van der Waals surface area (Å²) >= 11 is 0. The molecule has 0 aliphatic rings. The molecule has 164 valence electrons. The Kier molecular flexibility index (Phi) is 11.5. The summed E-state index contributed by atoms with van der Waals surface area (Å²) in [5.74, 6) is -5.23. The minimum atomic E-state index is -1.55. The molecule has 0 aromatic carbocycles. The SMILES string of the molecule is CC(=O)NC(C)C(=O)NCC(=O)NC(CO)C(=O)NCC(=O)NC(CO)C(=O)O. The zero-order valence-corrected chi connectivity index (χ0v) is 15.9. The van der Waals surface area contributed by atoms with Gasteiger partial charge in [0.1, 0.15) is 18.1 Å². The Hall–Kier alpha value is -3.26. The number of nitrogens with one attached hydrogen (secondary N) is 5. The van der Waals surface area contributed by atoms with Crippen molar-refractivity contribution in [2.24, 2.45) is 0 Å². The van der Waals surface area contributed by atoms with E-state index in [1.54, 1.807) is 0 Å². The van der Waals surface area contributed by atoms with Crippen molar-refractivity contribution in [1.29, 1.82) is 0 Å². The first-order chi connectivity index (χ1) is 13.5. The number of carboxylic acids is 1. The van der Waals surface area contributed by atoms with Gasteiger partial charge in [0.05, 0.1) is 26.3 Å². The Morgan fingerprint density at radius 2 is 1.21 bits per heavy atom. The normalized spacial score (nSPS) is 13.2. The van der Waals surface area contributed by atoms with Crippen molar-refractivity contribution in [2.45, 2.75) is 32.0 Å². The summed E-state index contributed by atoms with van der Waals surface area (Å²) in [7, 11) is 0. The van der Waals surface area contributed by atoms with E-state index in [9.17, 15) is 33.9 Å². The number of hydrogen-bond acceptors (Lipinski definition) is 8. The Balaban J connectivity index is 4.45. The second kappa shape index (κ2) is 13.0. The lowest BCUT2D eigenvalue weighted by atomic mass is 10.2. The Bertz CT molecular complexity index is 640.